The van der Waals surface area contributed by atoms with Crippen LogP contribution in [0.25, 0.3) is 0 Å². The van der Waals surface area contributed by atoms with Gasteiger partial charge in [-0.2, -0.15) is 0 Å². The molecule has 2 rings (SSSR count). The second-order valence-corrected chi connectivity index (χ2v) is 4.18. The summed E-state index contributed by atoms with van der Waals surface area (Å²) >= 11 is 0. The third-order valence-electron chi connectivity index (χ3n) is 2.96. The molecule has 4 atom stereocenters. The predicted molar refractivity (Wildman–Crippen MR) is 59.1 cm³/mol. The fourth-order valence-corrected chi connectivity index (χ4v) is 1.95. The Labute approximate surface area is 101 Å². The van der Waals surface area contributed by atoms with Gasteiger partial charge in [-0.25, -0.2) is 4.79 Å². The molecule has 0 aromatic carbocycles. The van der Waals surface area contributed by atoms with Crippen LogP contribution < -0.4 is 11.2 Å². The van der Waals surface area contributed by atoms with Crippen LogP contribution in [0.1, 0.15) is 5.56 Å². The molecule has 1 aliphatic heterocycles. The molecule has 0 bridgehead atoms. The molecule has 8 heteroatoms. The number of aliphatic hydroxyl groups is 3. The van der Waals surface area contributed by atoms with E-state index >= 15 is 0 Å². The average molecular weight is 258 g/mol. The summed E-state index contributed by atoms with van der Waals surface area (Å²) in [7, 11) is 0. The van der Waals surface area contributed by atoms with Crippen LogP contribution in [0.2, 0.25) is 0 Å². The Morgan fingerprint density at radius 1 is 1.22 bits per heavy atom. The SMILES string of the molecule is O=c1[nH]cc(C[C@@H]2O[C@H](CO)[C@@H](O)[C@H]2O)c(=O)[nH]1. The van der Waals surface area contributed by atoms with E-state index in [1.807, 2.05) is 4.98 Å². The van der Waals surface area contributed by atoms with Crippen molar-refractivity contribution in [2.45, 2.75) is 30.8 Å². The second kappa shape index (κ2) is 5.02. The molecule has 0 spiro atoms. The zero-order valence-corrected chi connectivity index (χ0v) is 9.37. The molecule has 0 aliphatic carbocycles. The minimum Gasteiger partial charge on any atom is -0.394 e. The second-order valence-electron chi connectivity index (χ2n) is 4.18. The summed E-state index contributed by atoms with van der Waals surface area (Å²) < 4.78 is 5.23. The fourth-order valence-electron chi connectivity index (χ4n) is 1.95. The average Bonchev–Trinajstić information content (AvgIpc) is 2.60. The highest BCUT2D eigenvalue weighted by Crippen LogP contribution is 2.22. The van der Waals surface area contributed by atoms with Crippen LogP contribution >= 0.6 is 0 Å². The van der Waals surface area contributed by atoms with E-state index < -0.39 is 42.3 Å². The Kier molecular flexibility index (Phi) is 3.62. The maximum absolute atomic E-state index is 11.4. The van der Waals surface area contributed by atoms with Gasteiger partial charge in [0, 0.05) is 18.2 Å². The summed E-state index contributed by atoms with van der Waals surface area (Å²) in [5.41, 5.74) is -0.967. The number of rotatable bonds is 3. The summed E-state index contributed by atoms with van der Waals surface area (Å²) in [4.78, 5) is 26.6. The van der Waals surface area contributed by atoms with Crippen molar-refractivity contribution in [1.82, 2.24) is 9.97 Å². The van der Waals surface area contributed by atoms with Crippen LogP contribution in [0.5, 0.6) is 0 Å². The number of aliphatic hydroxyl groups excluding tert-OH is 3. The molecule has 1 saturated heterocycles. The molecule has 0 unspecified atom stereocenters. The van der Waals surface area contributed by atoms with Crippen molar-refractivity contribution >= 4 is 0 Å². The molecule has 8 nitrogen and oxygen atoms in total. The number of aromatic nitrogens is 2. The van der Waals surface area contributed by atoms with Crippen molar-refractivity contribution in [1.29, 1.82) is 0 Å². The lowest BCUT2D eigenvalue weighted by atomic mass is 10.0. The van der Waals surface area contributed by atoms with Gasteiger partial charge in [0.2, 0.25) is 0 Å². The van der Waals surface area contributed by atoms with Crippen molar-refractivity contribution in [3.05, 3.63) is 32.6 Å². The largest absolute Gasteiger partial charge is 0.394 e. The van der Waals surface area contributed by atoms with Crippen LogP contribution in [-0.4, -0.2) is 56.3 Å². The number of hydrogen-bond acceptors (Lipinski definition) is 6. The zero-order valence-electron chi connectivity index (χ0n) is 9.37. The van der Waals surface area contributed by atoms with Crippen LogP contribution in [0.15, 0.2) is 15.8 Å². The number of hydrogen-bond donors (Lipinski definition) is 5. The van der Waals surface area contributed by atoms with Crippen LogP contribution in [0.3, 0.4) is 0 Å². The zero-order chi connectivity index (χ0) is 13.3. The van der Waals surface area contributed by atoms with E-state index in [9.17, 15) is 19.8 Å². The fraction of sp³-hybridized carbons (Fsp3) is 0.600. The Morgan fingerprint density at radius 2 is 1.89 bits per heavy atom. The molecule has 18 heavy (non-hydrogen) atoms. The van der Waals surface area contributed by atoms with Crippen molar-refractivity contribution in [3.63, 3.8) is 0 Å². The van der Waals surface area contributed by atoms with Crippen molar-refractivity contribution in [2.75, 3.05) is 6.61 Å². The minimum atomic E-state index is -1.19. The lowest BCUT2D eigenvalue weighted by Crippen LogP contribution is -2.35. The van der Waals surface area contributed by atoms with Gasteiger partial charge in [-0.05, 0) is 0 Å². The lowest BCUT2D eigenvalue weighted by molar-refractivity contribution is -0.0216. The first-order valence-electron chi connectivity index (χ1n) is 5.46. The molecule has 1 aliphatic rings. The van der Waals surface area contributed by atoms with Gasteiger partial charge in [0.1, 0.15) is 18.3 Å². The van der Waals surface area contributed by atoms with Gasteiger partial charge in [0.15, 0.2) is 0 Å². The molecular weight excluding hydrogens is 244 g/mol. The van der Waals surface area contributed by atoms with E-state index in [-0.39, 0.29) is 12.0 Å². The molecule has 1 aromatic rings. The highest BCUT2D eigenvalue weighted by Gasteiger charge is 2.42. The van der Waals surface area contributed by atoms with Gasteiger partial charge < -0.3 is 25.0 Å². The minimum absolute atomic E-state index is 0.0286. The highest BCUT2D eigenvalue weighted by molar-refractivity contribution is 5.07. The molecule has 1 fully saturated rings. The van der Waals surface area contributed by atoms with E-state index in [1.165, 1.54) is 6.20 Å². The topological polar surface area (TPSA) is 136 Å². The maximum atomic E-state index is 11.4. The smallest absolute Gasteiger partial charge is 0.325 e. The maximum Gasteiger partial charge on any atom is 0.325 e. The first kappa shape index (κ1) is 13.0. The van der Waals surface area contributed by atoms with Crippen molar-refractivity contribution in [2.24, 2.45) is 0 Å². The Hall–Kier alpha value is -1.48. The normalized spacial score (nSPS) is 31.7. The van der Waals surface area contributed by atoms with Crippen molar-refractivity contribution in [3.8, 4) is 0 Å². The van der Waals surface area contributed by atoms with Crippen LogP contribution in [-0.2, 0) is 11.2 Å². The summed E-state index contributed by atoms with van der Waals surface area (Å²) in [6, 6.07) is 0. The molecule has 0 radical (unpaired) electrons. The number of aromatic amines is 2. The molecule has 0 saturated carbocycles. The van der Waals surface area contributed by atoms with Gasteiger partial charge in [-0.1, -0.05) is 0 Å². The third-order valence-corrected chi connectivity index (χ3v) is 2.96. The van der Waals surface area contributed by atoms with Gasteiger partial charge in [0.25, 0.3) is 5.56 Å². The van der Waals surface area contributed by atoms with E-state index in [1.54, 1.807) is 0 Å². The van der Waals surface area contributed by atoms with E-state index in [4.69, 9.17) is 9.84 Å². The molecule has 0 amide bonds. The van der Waals surface area contributed by atoms with E-state index in [0.717, 1.165) is 0 Å². The Bertz CT molecular complexity index is 524. The van der Waals surface area contributed by atoms with Crippen LogP contribution in [0, 0.1) is 0 Å². The molecule has 100 valence electrons. The molecule has 2 heterocycles. The number of H-pyrrole nitrogens is 2. The Balaban J connectivity index is 2.15. The van der Waals surface area contributed by atoms with E-state index in [2.05, 4.69) is 4.98 Å². The number of ether oxygens (including phenoxy) is 1. The standard InChI is InChI=1S/C10H14N2O6/c13-3-6-8(15)7(14)5(18-6)1-4-2-11-10(17)12-9(4)16/h2,5-8,13-15H,1,3H2,(H2,11,12,16,17)/t5-,6+,7-,8+/m0/s1. The quantitative estimate of drug-likeness (QED) is 0.394. The summed E-state index contributed by atoms with van der Waals surface area (Å²) in [6.45, 7) is -0.420. The molecule has 5 N–H and O–H groups in total. The molecular formula is C10H14N2O6. The van der Waals surface area contributed by atoms with Gasteiger partial charge in [-0.3, -0.25) is 9.78 Å². The van der Waals surface area contributed by atoms with Gasteiger partial charge in [0.05, 0.1) is 12.7 Å². The summed E-state index contributed by atoms with van der Waals surface area (Å²) in [5.74, 6) is 0. The highest BCUT2D eigenvalue weighted by atomic mass is 16.6. The van der Waals surface area contributed by atoms with E-state index in [0.29, 0.717) is 0 Å². The first-order chi connectivity index (χ1) is 8.52. The monoisotopic (exact) mass is 258 g/mol. The van der Waals surface area contributed by atoms with Gasteiger partial charge >= 0.3 is 5.69 Å². The molecule has 1 aromatic heterocycles. The first-order valence-corrected chi connectivity index (χ1v) is 5.46. The number of nitrogens with one attached hydrogen (secondary N) is 2. The predicted octanol–water partition coefficient (Wildman–Crippen LogP) is -2.91. The lowest BCUT2D eigenvalue weighted by Gasteiger charge is -2.13. The van der Waals surface area contributed by atoms with Crippen LogP contribution in [0.4, 0.5) is 0 Å². The summed E-state index contributed by atoms with van der Waals surface area (Å²) in [5, 5.41) is 28.2. The Morgan fingerprint density at radius 3 is 2.44 bits per heavy atom. The van der Waals surface area contributed by atoms with Crippen molar-refractivity contribution < 1.29 is 20.1 Å². The van der Waals surface area contributed by atoms with Gasteiger partial charge in [-0.15, -0.1) is 0 Å². The summed E-state index contributed by atoms with van der Waals surface area (Å²) in [6.07, 6.45) is -2.79. The third kappa shape index (κ3) is 2.36.